The molecule has 1 aliphatic carbocycles. The van der Waals surface area contributed by atoms with Crippen LogP contribution in [0.25, 0.3) is 11.6 Å². The molecule has 1 unspecified atom stereocenters. The largest absolute Gasteiger partial charge is 0.373 e. The van der Waals surface area contributed by atoms with Crippen molar-refractivity contribution in [3.05, 3.63) is 64.2 Å². The Morgan fingerprint density at radius 3 is 2.78 bits per heavy atom. The van der Waals surface area contributed by atoms with Crippen molar-refractivity contribution in [3.63, 3.8) is 0 Å². The maximum atomic E-state index is 3.68. The highest BCUT2D eigenvalue weighted by molar-refractivity contribution is 6.01. The first-order valence-corrected chi connectivity index (χ1v) is 6.43. The lowest BCUT2D eigenvalue weighted by atomic mass is 9.99. The first kappa shape index (κ1) is 9.95. The fourth-order valence-corrected chi connectivity index (χ4v) is 3.24. The van der Waals surface area contributed by atoms with Crippen LogP contribution in [0.2, 0.25) is 0 Å². The SMILES string of the molecule is Cc1cc(C)c2c(c1)C1=Cc3ccccc3C1N2. The summed E-state index contributed by atoms with van der Waals surface area (Å²) in [4.78, 5) is 0. The summed E-state index contributed by atoms with van der Waals surface area (Å²) < 4.78 is 0. The quantitative estimate of drug-likeness (QED) is 0.714. The maximum absolute atomic E-state index is 3.68. The van der Waals surface area contributed by atoms with Crippen LogP contribution in [0, 0.1) is 13.8 Å². The molecule has 2 aromatic carbocycles. The summed E-state index contributed by atoms with van der Waals surface area (Å²) >= 11 is 0. The van der Waals surface area contributed by atoms with E-state index in [1.54, 1.807) is 0 Å². The molecule has 18 heavy (non-hydrogen) atoms. The molecule has 1 N–H and O–H groups in total. The van der Waals surface area contributed by atoms with Gasteiger partial charge in [0.2, 0.25) is 0 Å². The number of rotatable bonds is 0. The highest BCUT2D eigenvalue weighted by atomic mass is 15.0. The summed E-state index contributed by atoms with van der Waals surface area (Å²) in [5.41, 5.74) is 9.57. The summed E-state index contributed by atoms with van der Waals surface area (Å²) in [7, 11) is 0. The molecule has 2 aromatic rings. The van der Waals surface area contributed by atoms with E-state index >= 15 is 0 Å². The lowest BCUT2D eigenvalue weighted by Crippen LogP contribution is -2.03. The first-order chi connectivity index (χ1) is 8.74. The van der Waals surface area contributed by atoms with Gasteiger partial charge in [-0.15, -0.1) is 0 Å². The van der Waals surface area contributed by atoms with Crippen LogP contribution in [0.1, 0.15) is 33.9 Å². The molecule has 0 amide bonds. The average Bonchev–Trinajstić information content (AvgIpc) is 2.86. The van der Waals surface area contributed by atoms with E-state index in [4.69, 9.17) is 0 Å². The Kier molecular flexibility index (Phi) is 1.80. The van der Waals surface area contributed by atoms with Gasteiger partial charge in [0.1, 0.15) is 0 Å². The standard InChI is InChI=1S/C17H15N/c1-10-7-11(2)16-14(8-10)15-9-12-5-3-4-6-13(12)17(15)18-16/h3-9,17-18H,1-2H3. The first-order valence-electron chi connectivity index (χ1n) is 6.43. The molecular weight excluding hydrogens is 218 g/mol. The average molecular weight is 233 g/mol. The molecule has 0 radical (unpaired) electrons. The van der Waals surface area contributed by atoms with Crippen molar-refractivity contribution in [1.29, 1.82) is 0 Å². The molecule has 1 atom stereocenters. The van der Waals surface area contributed by atoms with Crippen molar-refractivity contribution in [1.82, 2.24) is 0 Å². The second kappa shape index (κ2) is 3.26. The number of benzene rings is 2. The number of hydrogen-bond donors (Lipinski definition) is 1. The lowest BCUT2D eigenvalue weighted by molar-refractivity contribution is 1.06. The van der Waals surface area contributed by atoms with Gasteiger partial charge in [-0.05, 0) is 48.3 Å². The molecular formula is C17H15N. The van der Waals surface area contributed by atoms with E-state index in [1.165, 1.54) is 39.1 Å². The zero-order chi connectivity index (χ0) is 12.3. The predicted octanol–water partition coefficient (Wildman–Crippen LogP) is 4.32. The van der Waals surface area contributed by atoms with Crippen LogP contribution in [0.3, 0.4) is 0 Å². The number of nitrogens with one attached hydrogen (secondary N) is 1. The van der Waals surface area contributed by atoms with Crippen molar-refractivity contribution >= 4 is 17.3 Å². The van der Waals surface area contributed by atoms with Gasteiger partial charge >= 0.3 is 0 Å². The van der Waals surface area contributed by atoms with E-state index in [2.05, 4.69) is 61.6 Å². The molecule has 0 fully saturated rings. The van der Waals surface area contributed by atoms with E-state index in [0.717, 1.165) is 0 Å². The lowest BCUT2D eigenvalue weighted by Gasteiger charge is -2.11. The third-order valence-electron chi connectivity index (χ3n) is 4.01. The van der Waals surface area contributed by atoms with Crippen molar-refractivity contribution < 1.29 is 0 Å². The molecule has 1 nitrogen and oxygen atoms in total. The Morgan fingerprint density at radius 2 is 1.89 bits per heavy atom. The molecule has 2 aliphatic rings. The Bertz CT molecular complexity index is 695. The van der Waals surface area contributed by atoms with Crippen LogP contribution >= 0.6 is 0 Å². The molecule has 0 saturated heterocycles. The van der Waals surface area contributed by atoms with Crippen molar-refractivity contribution in [2.75, 3.05) is 5.32 Å². The van der Waals surface area contributed by atoms with Crippen LogP contribution in [-0.2, 0) is 0 Å². The van der Waals surface area contributed by atoms with Gasteiger partial charge < -0.3 is 5.32 Å². The summed E-state index contributed by atoms with van der Waals surface area (Å²) in [6, 6.07) is 13.6. The van der Waals surface area contributed by atoms with Crippen LogP contribution in [0.15, 0.2) is 36.4 Å². The highest BCUT2D eigenvalue weighted by Gasteiger charge is 2.33. The molecule has 4 rings (SSSR count). The van der Waals surface area contributed by atoms with Crippen molar-refractivity contribution in [2.24, 2.45) is 0 Å². The molecule has 1 aliphatic heterocycles. The molecule has 1 heteroatoms. The fourth-order valence-electron chi connectivity index (χ4n) is 3.24. The van der Waals surface area contributed by atoms with Gasteiger partial charge in [-0.25, -0.2) is 0 Å². The smallest absolute Gasteiger partial charge is 0.0780 e. The minimum atomic E-state index is 0.358. The Morgan fingerprint density at radius 1 is 1.06 bits per heavy atom. The second-order valence-corrected chi connectivity index (χ2v) is 5.31. The van der Waals surface area contributed by atoms with Crippen LogP contribution in [-0.4, -0.2) is 0 Å². The Hall–Kier alpha value is -2.02. The van der Waals surface area contributed by atoms with E-state index < -0.39 is 0 Å². The Labute approximate surface area is 107 Å². The van der Waals surface area contributed by atoms with E-state index in [-0.39, 0.29) is 0 Å². The van der Waals surface area contributed by atoms with E-state index in [0.29, 0.717) is 6.04 Å². The zero-order valence-corrected chi connectivity index (χ0v) is 10.6. The van der Waals surface area contributed by atoms with Crippen molar-refractivity contribution in [3.8, 4) is 0 Å². The third kappa shape index (κ3) is 1.16. The van der Waals surface area contributed by atoms with Gasteiger partial charge in [0.15, 0.2) is 0 Å². The monoisotopic (exact) mass is 233 g/mol. The molecule has 0 bridgehead atoms. The van der Waals surface area contributed by atoms with Gasteiger partial charge in [-0.2, -0.15) is 0 Å². The van der Waals surface area contributed by atoms with Gasteiger partial charge in [0, 0.05) is 11.3 Å². The van der Waals surface area contributed by atoms with Crippen LogP contribution in [0.4, 0.5) is 5.69 Å². The molecule has 0 spiro atoms. The summed E-state index contributed by atoms with van der Waals surface area (Å²) in [5.74, 6) is 0. The summed E-state index contributed by atoms with van der Waals surface area (Å²) in [5, 5.41) is 3.68. The zero-order valence-electron chi connectivity index (χ0n) is 10.6. The van der Waals surface area contributed by atoms with Crippen molar-refractivity contribution in [2.45, 2.75) is 19.9 Å². The number of fused-ring (bicyclic) bond motifs is 5. The number of aryl methyl sites for hydroxylation is 2. The highest BCUT2D eigenvalue weighted by Crippen LogP contribution is 2.50. The molecule has 0 saturated carbocycles. The third-order valence-corrected chi connectivity index (χ3v) is 4.01. The number of hydrogen-bond acceptors (Lipinski definition) is 1. The normalized spacial score (nSPS) is 18.8. The van der Waals surface area contributed by atoms with E-state index in [9.17, 15) is 0 Å². The topological polar surface area (TPSA) is 12.0 Å². The maximum Gasteiger partial charge on any atom is 0.0780 e. The van der Waals surface area contributed by atoms with Gasteiger partial charge in [0.05, 0.1) is 6.04 Å². The van der Waals surface area contributed by atoms with Gasteiger partial charge in [-0.3, -0.25) is 0 Å². The van der Waals surface area contributed by atoms with E-state index in [1.807, 2.05) is 0 Å². The second-order valence-electron chi connectivity index (χ2n) is 5.31. The molecule has 88 valence electrons. The van der Waals surface area contributed by atoms with Gasteiger partial charge in [0.25, 0.3) is 0 Å². The minimum absolute atomic E-state index is 0.358. The van der Waals surface area contributed by atoms with Gasteiger partial charge in [-0.1, -0.05) is 35.9 Å². The summed E-state index contributed by atoms with van der Waals surface area (Å²) in [6.07, 6.45) is 2.33. The van der Waals surface area contributed by atoms with Crippen LogP contribution in [0.5, 0.6) is 0 Å². The molecule has 0 aromatic heterocycles. The predicted molar refractivity (Wildman–Crippen MR) is 76.6 cm³/mol. The minimum Gasteiger partial charge on any atom is -0.373 e. The molecule has 1 heterocycles. The van der Waals surface area contributed by atoms with Crippen LogP contribution < -0.4 is 5.32 Å². The summed E-state index contributed by atoms with van der Waals surface area (Å²) in [6.45, 7) is 4.36. The fraction of sp³-hybridized carbons (Fsp3) is 0.176. The number of anilines is 1. The Balaban J connectivity index is 1.96.